The fraction of sp³-hybridized carbons (Fsp3) is 0.273. The van der Waals surface area contributed by atoms with Crippen LogP contribution in [0.1, 0.15) is 34.0 Å². The first-order valence-corrected chi connectivity index (χ1v) is 9.25. The standard InChI is InChI=1S/C22H24N2O6/c1-11-9-14(25)18(21(28)23(11)3)17(13-7-6-8-16(30-5)20(13)27)19-15(26)10-12(2)24(4)22(19)29/h6-10,17,25-27H,1-5H3. The maximum Gasteiger partial charge on any atom is 0.258 e. The highest BCUT2D eigenvalue weighted by atomic mass is 16.5. The zero-order chi connectivity index (χ0) is 22.3. The maximum absolute atomic E-state index is 13.1. The van der Waals surface area contributed by atoms with Gasteiger partial charge in [0, 0.05) is 31.0 Å². The number of phenolic OH excluding ortho intramolecular Hbond substituents is 1. The number of rotatable bonds is 4. The third kappa shape index (κ3) is 3.20. The third-order valence-corrected chi connectivity index (χ3v) is 5.51. The van der Waals surface area contributed by atoms with Crippen molar-refractivity contribution in [1.29, 1.82) is 0 Å². The van der Waals surface area contributed by atoms with Crippen molar-refractivity contribution in [2.75, 3.05) is 7.11 Å². The van der Waals surface area contributed by atoms with Gasteiger partial charge in [-0.25, -0.2) is 0 Å². The van der Waals surface area contributed by atoms with Gasteiger partial charge in [0.25, 0.3) is 11.1 Å². The summed E-state index contributed by atoms with van der Waals surface area (Å²) in [5.41, 5.74) is -0.219. The minimum Gasteiger partial charge on any atom is -0.507 e. The van der Waals surface area contributed by atoms with Crippen LogP contribution < -0.4 is 15.9 Å². The minimum atomic E-state index is -1.24. The second-order valence-corrected chi connectivity index (χ2v) is 7.23. The molecule has 0 atom stereocenters. The summed E-state index contributed by atoms with van der Waals surface area (Å²) in [6, 6.07) is 7.43. The molecule has 3 rings (SSSR count). The highest BCUT2D eigenvalue weighted by molar-refractivity contribution is 5.58. The SMILES string of the molecule is COc1cccc(C(c2c(O)cc(C)n(C)c2=O)c2c(O)cc(C)n(C)c2=O)c1O. The monoisotopic (exact) mass is 412 g/mol. The van der Waals surface area contributed by atoms with Crippen LogP contribution in [0.25, 0.3) is 0 Å². The van der Waals surface area contributed by atoms with Gasteiger partial charge in [0.05, 0.1) is 24.2 Å². The number of aryl methyl sites for hydroxylation is 2. The Morgan fingerprint density at radius 2 is 1.33 bits per heavy atom. The van der Waals surface area contributed by atoms with Gasteiger partial charge in [-0.2, -0.15) is 0 Å². The molecule has 1 aromatic carbocycles. The number of ether oxygens (including phenoxy) is 1. The van der Waals surface area contributed by atoms with Crippen LogP contribution in [0.5, 0.6) is 23.0 Å². The topological polar surface area (TPSA) is 114 Å². The average Bonchev–Trinajstić information content (AvgIpc) is 2.69. The summed E-state index contributed by atoms with van der Waals surface area (Å²) in [7, 11) is 4.45. The summed E-state index contributed by atoms with van der Waals surface area (Å²) < 4.78 is 7.83. The van der Waals surface area contributed by atoms with E-state index in [1.54, 1.807) is 19.9 Å². The van der Waals surface area contributed by atoms with E-state index in [9.17, 15) is 24.9 Å². The van der Waals surface area contributed by atoms with Gasteiger partial charge in [-0.1, -0.05) is 12.1 Å². The molecule has 3 N–H and O–H groups in total. The summed E-state index contributed by atoms with van der Waals surface area (Å²) in [4.78, 5) is 26.3. The van der Waals surface area contributed by atoms with Crippen LogP contribution in [-0.2, 0) is 14.1 Å². The predicted octanol–water partition coefficient (Wildman–Crippen LogP) is 2.01. The number of pyridine rings is 2. The molecule has 30 heavy (non-hydrogen) atoms. The van der Waals surface area contributed by atoms with Crippen LogP contribution in [0.4, 0.5) is 0 Å². The summed E-state index contributed by atoms with van der Waals surface area (Å²) >= 11 is 0. The highest BCUT2D eigenvalue weighted by Gasteiger charge is 2.32. The van der Waals surface area contributed by atoms with Crippen molar-refractivity contribution in [2.24, 2.45) is 14.1 Å². The molecule has 0 fully saturated rings. The third-order valence-electron chi connectivity index (χ3n) is 5.51. The molecule has 0 saturated carbocycles. The molecule has 3 aromatic rings. The van der Waals surface area contributed by atoms with Crippen molar-refractivity contribution < 1.29 is 20.1 Å². The maximum atomic E-state index is 13.1. The smallest absolute Gasteiger partial charge is 0.258 e. The minimum absolute atomic E-state index is 0.129. The molecule has 0 aliphatic heterocycles. The number of para-hydroxylation sites is 1. The lowest BCUT2D eigenvalue weighted by molar-refractivity contribution is 0.369. The zero-order valence-electron chi connectivity index (χ0n) is 17.4. The van der Waals surface area contributed by atoms with Crippen LogP contribution in [0.15, 0.2) is 39.9 Å². The van der Waals surface area contributed by atoms with Crippen LogP contribution in [0.3, 0.4) is 0 Å². The highest BCUT2D eigenvalue weighted by Crippen LogP contribution is 2.43. The Labute approximate surface area is 172 Å². The number of benzene rings is 1. The van der Waals surface area contributed by atoms with Crippen LogP contribution >= 0.6 is 0 Å². The lowest BCUT2D eigenvalue weighted by atomic mass is 9.84. The van der Waals surface area contributed by atoms with Gasteiger partial charge in [0.15, 0.2) is 11.5 Å². The van der Waals surface area contributed by atoms with E-state index in [4.69, 9.17) is 4.74 Å². The number of hydrogen-bond acceptors (Lipinski definition) is 6. The van der Waals surface area contributed by atoms with E-state index < -0.39 is 17.0 Å². The molecule has 158 valence electrons. The fourth-order valence-corrected chi connectivity index (χ4v) is 3.58. The van der Waals surface area contributed by atoms with E-state index in [1.165, 1.54) is 54.6 Å². The Morgan fingerprint density at radius 3 is 1.77 bits per heavy atom. The van der Waals surface area contributed by atoms with Gasteiger partial charge in [0.2, 0.25) is 0 Å². The van der Waals surface area contributed by atoms with E-state index in [0.29, 0.717) is 11.4 Å². The second-order valence-electron chi connectivity index (χ2n) is 7.23. The molecule has 8 heteroatoms. The van der Waals surface area contributed by atoms with Gasteiger partial charge in [-0.15, -0.1) is 0 Å². The number of phenols is 1. The molecule has 0 spiro atoms. The van der Waals surface area contributed by atoms with Crippen LogP contribution in [-0.4, -0.2) is 31.6 Å². The van der Waals surface area contributed by atoms with E-state index in [1.807, 2.05) is 0 Å². The molecule has 0 aliphatic carbocycles. The molecule has 2 heterocycles. The Hall–Kier alpha value is -3.68. The second kappa shape index (κ2) is 7.62. The average molecular weight is 412 g/mol. The summed E-state index contributed by atoms with van der Waals surface area (Å²) in [5.74, 6) is -2.09. The summed E-state index contributed by atoms with van der Waals surface area (Å²) in [6.07, 6.45) is 0. The first-order chi connectivity index (χ1) is 14.1. The summed E-state index contributed by atoms with van der Waals surface area (Å²) in [5, 5.41) is 32.2. The van der Waals surface area contributed by atoms with Crippen LogP contribution in [0, 0.1) is 13.8 Å². The van der Waals surface area contributed by atoms with E-state index in [2.05, 4.69) is 0 Å². The van der Waals surface area contributed by atoms with Crippen molar-refractivity contribution in [2.45, 2.75) is 19.8 Å². The largest absolute Gasteiger partial charge is 0.507 e. The van der Waals surface area contributed by atoms with Crippen molar-refractivity contribution in [3.8, 4) is 23.0 Å². The fourth-order valence-electron chi connectivity index (χ4n) is 3.58. The Kier molecular flexibility index (Phi) is 5.35. The lowest BCUT2D eigenvalue weighted by Crippen LogP contribution is -2.31. The Balaban J connectivity index is 2.52. The Morgan fingerprint density at radius 1 is 0.867 bits per heavy atom. The van der Waals surface area contributed by atoms with Gasteiger partial charge < -0.3 is 29.2 Å². The van der Waals surface area contributed by atoms with Gasteiger partial charge in [-0.05, 0) is 32.0 Å². The molecular formula is C22H24N2O6. The molecular weight excluding hydrogens is 388 g/mol. The Bertz CT molecular complexity index is 1180. The van der Waals surface area contributed by atoms with Gasteiger partial charge in [0.1, 0.15) is 11.5 Å². The van der Waals surface area contributed by atoms with Crippen molar-refractivity contribution in [3.63, 3.8) is 0 Å². The summed E-state index contributed by atoms with van der Waals surface area (Å²) in [6.45, 7) is 3.32. The van der Waals surface area contributed by atoms with E-state index in [0.717, 1.165) is 0 Å². The van der Waals surface area contributed by atoms with Crippen LogP contribution in [0.2, 0.25) is 0 Å². The number of aromatic hydroxyl groups is 3. The number of nitrogens with zero attached hydrogens (tertiary/aromatic N) is 2. The molecule has 0 unspecified atom stereocenters. The first-order valence-electron chi connectivity index (χ1n) is 9.25. The van der Waals surface area contributed by atoms with E-state index in [-0.39, 0.29) is 39.7 Å². The molecule has 8 nitrogen and oxygen atoms in total. The lowest BCUT2D eigenvalue weighted by Gasteiger charge is -2.23. The zero-order valence-corrected chi connectivity index (χ0v) is 17.4. The van der Waals surface area contributed by atoms with E-state index >= 15 is 0 Å². The molecule has 0 bridgehead atoms. The first kappa shape index (κ1) is 21.0. The molecule has 0 aliphatic rings. The quantitative estimate of drug-likeness (QED) is 0.604. The van der Waals surface area contributed by atoms with Gasteiger partial charge >= 0.3 is 0 Å². The number of hydrogen-bond donors (Lipinski definition) is 3. The van der Waals surface area contributed by atoms with Crippen molar-refractivity contribution in [3.05, 3.63) is 79.1 Å². The molecule has 2 aromatic heterocycles. The predicted molar refractivity (Wildman–Crippen MR) is 112 cm³/mol. The molecule has 0 amide bonds. The molecule has 0 radical (unpaired) electrons. The van der Waals surface area contributed by atoms with Crippen molar-refractivity contribution >= 4 is 0 Å². The number of methoxy groups -OCH3 is 1. The van der Waals surface area contributed by atoms with Gasteiger partial charge in [-0.3, -0.25) is 9.59 Å². The number of aromatic nitrogens is 2. The molecule has 0 saturated heterocycles. The normalized spacial score (nSPS) is 11.1. The van der Waals surface area contributed by atoms with Crippen molar-refractivity contribution in [1.82, 2.24) is 9.13 Å².